The van der Waals surface area contributed by atoms with Crippen LogP contribution in [0.5, 0.6) is 0 Å². The standard InChI is InChI=1S/C22H29F2N3O4S/c1-21(2,3)31-19(28)11-14-5-7-15(8-6-14)17-9-10-18-20(25-17)26(4)32(29,30)27(18)13-16-12-22(16,23)24/h7,9-10,14,16H,5-6,8,11-13H2,1-4H3. The number of anilines is 2. The van der Waals surface area contributed by atoms with Gasteiger partial charge in [-0.2, -0.15) is 8.42 Å². The van der Waals surface area contributed by atoms with Gasteiger partial charge in [-0.05, 0) is 63.7 Å². The Bertz CT molecular complexity index is 1070. The summed E-state index contributed by atoms with van der Waals surface area (Å²) < 4.78 is 59.8. The molecule has 7 nitrogen and oxygen atoms in total. The summed E-state index contributed by atoms with van der Waals surface area (Å²) in [5.74, 6) is -3.51. The Morgan fingerprint density at radius 1 is 1.31 bits per heavy atom. The Kier molecular flexibility index (Phi) is 5.50. The molecule has 0 bridgehead atoms. The predicted molar refractivity (Wildman–Crippen MR) is 118 cm³/mol. The molecule has 0 amide bonds. The van der Waals surface area contributed by atoms with Crippen LogP contribution in [-0.4, -0.2) is 44.5 Å². The SMILES string of the molecule is CN1c2nc(C3=CCC(CC(=O)OC(C)(C)C)CC3)ccc2N(CC2CC2(F)F)S1(=O)=O. The van der Waals surface area contributed by atoms with Gasteiger partial charge in [-0.25, -0.2) is 22.4 Å². The van der Waals surface area contributed by atoms with E-state index >= 15 is 0 Å². The Balaban J connectivity index is 1.47. The lowest BCUT2D eigenvalue weighted by molar-refractivity contribution is -0.156. The van der Waals surface area contributed by atoms with Gasteiger partial charge >= 0.3 is 16.2 Å². The van der Waals surface area contributed by atoms with Gasteiger partial charge in [-0.3, -0.25) is 4.79 Å². The van der Waals surface area contributed by atoms with Crippen LogP contribution in [-0.2, 0) is 19.7 Å². The van der Waals surface area contributed by atoms with E-state index in [1.807, 2.05) is 26.8 Å². The molecule has 0 radical (unpaired) electrons. The van der Waals surface area contributed by atoms with Gasteiger partial charge in [-0.1, -0.05) is 6.08 Å². The summed E-state index contributed by atoms with van der Waals surface area (Å²) in [5.41, 5.74) is 1.49. The molecule has 1 aromatic rings. The first-order valence-corrected chi connectivity index (χ1v) is 12.2. The maximum absolute atomic E-state index is 13.4. The molecule has 32 heavy (non-hydrogen) atoms. The molecule has 2 aliphatic carbocycles. The minimum atomic E-state index is -3.91. The van der Waals surface area contributed by atoms with Crippen molar-refractivity contribution in [3.63, 3.8) is 0 Å². The summed E-state index contributed by atoms with van der Waals surface area (Å²) in [4.78, 5) is 16.6. The van der Waals surface area contributed by atoms with Crippen molar-refractivity contribution in [2.24, 2.45) is 11.8 Å². The first-order valence-electron chi connectivity index (χ1n) is 10.8. The topological polar surface area (TPSA) is 79.8 Å². The molecule has 4 rings (SSSR count). The van der Waals surface area contributed by atoms with Crippen molar-refractivity contribution in [3.05, 3.63) is 23.9 Å². The minimum absolute atomic E-state index is 0.196. The summed E-state index contributed by atoms with van der Waals surface area (Å²) >= 11 is 0. The smallest absolute Gasteiger partial charge is 0.327 e. The van der Waals surface area contributed by atoms with Gasteiger partial charge in [-0.15, -0.1) is 0 Å². The highest BCUT2D eigenvalue weighted by Crippen LogP contribution is 2.51. The van der Waals surface area contributed by atoms with Gasteiger partial charge in [0.25, 0.3) is 5.92 Å². The molecule has 3 aliphatic rings. The molecule has 1 aliphatic heterocycles. The monoisotopic (exact) mass is 469 g/mol. The number of alkyl halides is 2. The third-order valence-electron chi connectivity index (χ3n) is 6.11. The fraction of sp³-hybridized carbons (Fsp3) is 0.636. The summed E-state index contributed by atoms with van der Waals surface area (Å²) in [6, 6.07) is 3.39. The second-order valence-electron chi connectivity index (χ2n) is 9.87. The quantitative estimate of drug-likeness (QED) is 0.605. The molecular weight excluding hydrogens is 440 g/mol. The zero-order valence-corrected chi connectivity index (χ0v) is 19.6. The van der Waals surface area contributed by atoms with Crippen LogP contribution in [0.1, 0.15) is 58.6 Å². The number of pyridine rings is 1. The number of hydrogen-bond acceptors (Lipinski definition) is 5. The maximum atomic E-state index is 13.4. The molecule has 0 aromatic carbocycles. The first kappa shape index (κ1) is 22.9. The molecular formula is C22H29F2N3O4S. The Labute approximate surface area is 187 Å². The van der Waals surface area contributed by atoms with Crippen LogP contribution in [0, 0.1) is 11.8 Å². The maximum Gasteiger partial charge on any atom is 0.327 e. The Morgan fingerprint density at radius 3 is 2.56 bits per heavy atom. The van der Waals surface area contributed by atoms with Crippen LogP contribution in [0.3, 0.4) is 0 Å². The van der Waals surface area contributed by atoms with Crippen molar-refractivity contribution in [2.75, 3.05) is 22.2 Å². The fourth-order valence-corrected chi connectivity index (χ4v) is 5.62. The number of nitrogens with zero attached hydrogens (tertiary/aromatic N) is 3. The van der Waals surface area contributed by atoms with Crippen molar-refractivity contribution in [1.29, 1.82) is 0 Å². The predicted octanol–water partition coefficient (Wildman–Crippen LogP) is 4.15. The molecule has 10 heteroatoms. The number of rotatable bonds is 5. The second kappa shape index (κ2) is 7.67. The zero-order chi connectivity index (χ0) is 23.5. The van der Waals surface area contributed by atoms with E-state index in [1.165, 1.54) is 7.05 Å². The number of esters is 1. The zero-order valence-electron chi connectivity index (χ0n) is 18.8. The van der Waals surface area contributed by atoms with Crippen LogP contribution in [0.2, 0.25) is 0 Å². The van der Waals surface area contributed by atoms with E-state index in [4.69, 9.17) is 4.74 Å². The Morgan fingerprint density at radius 2 is 2.00 bits per heavy atom. The Hall–Kier alpha value is -2.23. The summed E-state index contributed by atoms with van der Waals surface area (Å²) in [5, 5.41) is 0. The molecule has 1 aromatic heterocycles. The van der Waals surface area contributed by atoms with E-state index in [1.54, 1.807) is 12.1 Å². The van der Waals surface area contributed by atoms with Gasteiger partial charge < -0.3 is 4.74 Å². The highest BCUT2D eigenvalue weighted by atomic mass is 32.2. The van der Waals surface area contributed by atoms with E-state index in [0.29, 0.717) is 30.6 Å². The molecule has 1 fully saturated rings. The van der Waals surface area contributed by atoms with E-state index in [-0.39, 0.29) is 30.7 Å². The van der Waals surface area contributed by atoms with Crippen molar-refractivity contribution < 1.29 is 26.7 Å². The summed E-state index contributed by atoms with van der Waals surface area (Å²) in [6.45, 7) is 5.29. The number of allylic oxidation sites excluding steroid dienone is 2. The van der Waals surface area contributed by atoms with E-state index in [0.717, 1.165) is 20.6 Å². The molecule has 0 spiro atoms. The summed E-state index contributed by atoms with van der Waals surface area (Å²) in [7, 11) is -2.52. The molecule has 0 saturated heterocycles. The fourth-order valence-electron chi connectivity index (χ4n) is 4.21. The number of carbonyl (C=O) groups is 1. The molecule has 2 heterocycles. The number of halogens is 2. The minimum Gasteiger partial charge on any atom is -0.460 e. The number of carbonyl (C=O) groups excluding carboxylic acids is 1. The van der Waals surface area contributed by atoms with E-state index in [9.17, 15) is 22.0 Å². The number of hydrogen-bond donors (Lipinski definition) is 0. The third kappa shape index (κ3) is 4.46. The van der Waals surface area contributed by atoms with Crippen LogP contribution < -0.4 is 8.61 Å². The number of ether oxygens (including phenoxy) is 1. The number of fused-ring (bicyclic) bond motifs is 1. The average molecular weight is 470 g/mol. The van der Waals surface area contributed by atoms with Gasteiger partial charge in [0.15, 0.2) is 5.82 Å². The van der Waals surface area contributed by atoms with Gasteiger partial charge in [0.05, 0.1) is 11.4 Å². The van der Waals surface area contributed by atoms with Gasteiger partial charge in [0.1, 0.15) is 5.60 Å². The normalized spacial score (nSPS) is 25.9. The summed E-state index contributed by atoms with van der Waals surface area (Å²) in [6.07, 6.45) is 4.35. The highest BCUT2D eigenvalue weighted by Gasteiger charge is 2.59. The van der Waals surface area contributed by atoms with Crippen LogP contribution in [0.25, 0.3) is 5.57 Å². The van der Waals surface area contributed by atoms with Crippen molar-refractivity contribution in [1.82, 2.24) is 4.98 Å². The van der Waals surface area contributed by atoms with Crippen molar-refractivity contribution >= 4 is 33.3 Å². The second-order valence-corrected chi connectivity index (χ2v) is 11.8. The average Bonchev–Trinajstić information content (AvgIpc) is 3.24. The van der Waals surface area contributed by atoms with Crippen LogP contribution >= 0.6 is 0 Å². The van der Waals surface area contributed by atoms with Crippen molar-refractivity contribution in [3.8, 4) is 0 Å². The number of aromatic nitrogens is 1. The lowest BCUT2D eigenvalue weighted by atomic mass is 9.86. The lowest BCUT2D eigenvalue weighted by Crippen LogP contribution is -2.37. The first-order chi connectivity index (χ1) is 14.8. The molecule has 2 atom stereocenters. The lowest BCUT2D eigenvalue weighted by Gasteiger charge is -2.24. The molecule has 2 unspecified atom stereocenters. The highest BCUT2D eigenvalue weighted by molar-refractivity contribution is 7.94. The van der Waals surface area contributed by atoms with E-state index < -0.39 is 27.7 Å². The van der Waals surface area contributed by atoms with E-state index in [2.05, 4.69) is 4.98 Å². The van der Waals surface area contributed by atoms with Crippen molar-refractivity contribution in [2.45, 2.75) is 64.4 Å². The largest absolute Gasteiger partial charge is 0.460 e. The van der Waals surface area contributed by atoms with Gasteiger partial charge in [0, 0.05) is 32.4 Å². The third-order valence-corrected chi connectivity index (χ3v) is 7.88. The molecule has 1 saturated carbocycles. The van der Waals surface area contributed by atoms with Gasteiger partial charge in [0.2, 0.25) is 0 Å². The van der Waals surface area contributed by atoms with Crippen LogP contribution in [0.4, 0.5) is 20.3 Å². The van der Waals surface area contributed by atoms with Crippen LogP contribution in [0.15, 0.2) is 18.2 Å². The molecule has 0 N–H and O–H groups in total. The molecule has 176 valence electrons.